The Morgan fingerprint density at radius 3 is 2.37 bits per heavy atom. The van der Waals surface area contributed by atoms with E-state index in [4.69, 9.17) is 23.2 Å². The smallest absolute Gasteiger partial charge is 0.227 e. The number of halogens is 2. The van der Waals surface area contributed by atoms with Crippen molar-refractivity contribution in [2.24, 2.45) is 0 Å². The molecule has 1 aliphatic carbocycles. The van der Waals surface area contributed by atoms with Gasteiger partial charge in [0.2, 0.25) is 10.6 Å². The van der Waals surface area contributed by atoms with Crippen LogP contribution in [0.5, 0.6) is 0 Å². The van der Waals surface area contributed by atoms with Gasteiger partial charge in [-0.3, -0.25) is 0 Å². The molecule has 6 heteroatoms. The SMILES string of the molecule is Clc1nc(Cl)nc(-c2cccn2C2CCCCC2)n1. The molecule has 2 aromatic rings. The van der Waals surface area contributed by atoms with Gasteiger partial charge >= 0.3 is 0 Å². The average Bonchev–Trinajstić information content (AvgIpc) is 2.88. The lowest BCUT2D eigenvalue weighted by Crippen LogP contribution is -2.13. The van der Waals surface area contributed by atoms with Crippen molar-refractivity contribution in [1.82, 2.24) is 19.5 Å². The van der Waals surface area contributed by atoms with Crippen LogP contribution in [0.3, 0.4) is 0 Å². The highest BCUT2D eigenvalue weighted by atomic mass is 35.5. The molecular formula is C13H14Cl2N4. The molecule has 0 N–H and O–H groups in total. The molecule has 0 bridgehead atoms. The first-order chi connectivity index (χ1) is 9.24. The summed E-state index contributed by atoms with van der Waals surface area (Å²) in [7, 11) is 0. The second-order valence-electron chi connectivity index (χ2n) is 4.79. The van der Waals surface area contributed by atoms with Crippen molar-refractivity contribution in [3.8, 4) is 11.5 Å². The second kappa shape index (κ2) is 5.47. The molecule has 0 amide bonds. The average molecular weight is 297 g/mol. The highest BCUT2D eigenvalue weighted by Crippen LogP contribution is 2.32. The summed E-state index contributed by atoms with van der Waals surface area (Å²) in [6, 6.07) is 4.53. The van der Waals surface area contributed by atoms with Gasteiger partial charge in [-0.1, -0.05) is 19.3 Å². The van der Waals surface area contributed by atoms with Crippen LogP contribution < -0.4 is 0 Å². The lowest BCUT2D eigenvalue weighted by Gasteiger charge is -2.25. The number of aromatic nitrogens is 4. The fourth-order valence-corrected chi connectivity index (χ4v) is 3.06. The Morgan fingerprint density at radius 2 is 1.68 bits per heavy atom. The lowest BCUT2D eigenvalue weighted by atomic mass is 9.95. The molecule has 1 fully saturated rings. The van der Waals surface area contributed by atoms with Crippen LogP contribution in [0.15, 0.2) is 18.3 Å². The summed E-state index contributed by atoms with van der Waals surface area (Å²) in [5, 5.41) is 0.262. The molecule has 1 aliphatic rings. The normalized spacial score (nSPS) is 16.7. The van der Waals surface area contributed by atoms with E-state index in [9.17, 15) is 0 Å². The van der Waals surface area contributed by atoms with Crippen molar-refractivity contribution in [3.05, 3.63) is 28.9 Å². The number of hydrogen-bond donors (Lipinski definition) is 0. The third kappa shape index (κ3) is 2.74. The molecule has 0 radical (unpaired) electrons. The third-order valence-corrected chi connectivity index (χ3v) is 3.90. The highest BCUT2D eigenvalue weighted by molar-refractivity contribution is 6.31. The molecule has 1 saturated carbocycles. The van der Waals surface area contributed by atoms with Gasteiger partial charge in [-0.15, -0.1) is 0 Å². The van der Waals surface area contributed by atoms with E-state index in [-0.39, 0.29) is 10.6 Å². The van der Waals surface area contributed by atoms with E-state index < -0.39 is 0 Å². The summed E-state index contributed by atoms with van der Waals surface area (Å²) in [5.74, 6) is 0.542. The molecule has 0 spiro atoms. The summed E-state index contributed by atoms with van der Waals surface area (Å²) < 4.78 is 2.24. The topological polar surface area (TPSA) is 43.6 Å². The quantitative estimate of drug-likeness (QED) is 0.836. The summed E-state index contributed by atoms with van der Waals surface area (Å²) in [6.07, 6.45) is 8.37. The van der Waals surface area contributed by atoms with Gasteiger partial charge in [-0.2, -0.15) is 15.0 Å². The standard InChI is InChI=1S/C13H14Cl2N4/c14-12-16-11(17-13(15)18-12)10-7-4-8-19(10)9-5-2-1-3-6-9/h4,7-9H,1-3,5-6H2. The van der Waals surface area contributed by atoms with Gasteiger partial charge < -0.3 is 4.57 Å². The van der Waals surface area contributed by atoms with E-state index in [1.54, 1.807) is 0 Å². The summed E-state index contributed by atoms with van der Waals surface area (Å²) in [4.78, 5) is 12.1. The molecule has 0 saturated heterocycles. The lowest BCUT2D eigenvalue weighted by molar-refractivity contribution is 0.356. The van der Waals surface area contributed by atoms with Crippen molar-refractivity contribution in [2.75, 3.05) is 0 Å². The Balaban J connectivity index is 1.98. The molecule has 0 atom stereocenters. The highest BCUT2D eigenvalue weighted by Gasteiger charge is 2.19. The van der Waals surface area contributed by atoms with Gasteiger partial charge in [0.15, 0.2) is 5.82 Å². The Morgan fingerprint density at radius 1 is 1.00 bits per heavy atom. The predicted molar refractivity (Wildman–Crippen MR) is 75.4 cm³/mol. The van der Waals surface area contributed by atoms with Gasteiger partial charge in [0.25, 0.3) is 0 Å². The van der Waals surface area contributed by atoms with Gasteiger partial charge in [-0.05, 0) is 48.2 Å². The first-order valence-electron chi connectivity index (χ1n) is 6.48. The minimum atomic E-state index is 0.131. The Labute approximate surface area is 121 Å². The Kier molecular flexibility index (Phi) is 3.71. The van der Waals surface area contributed by atoms with Gasteiger partial charge in [0.1, 0.15) is 0 Å². The maximum absolute atomic E-state index is 5.85. The molecular weight excluding hydrogens is 283 g/mol. The number of rotatable bonds is 2. The first-order valence-corrected chi connectivity index (χ1v) is 7.24. The molecule has 2 heterocycles. The molecule has 0 unspecified atom stereocenters. The van der Waals surface area contributed by atoms with E-state index in [0.717, 1.165) is 5.69 Å². The minimum absolute atomic E-state index is 0.131. The monoisotopic (exact) mass is 296 g/mol. The van der Waals surface area contributed by atoms with E-state index in [0.29, 0.717) is 11.9 Å². The molecule has 2 aromatic heterocycles. The van der Waals surface area contributed by atoms with Crippen molar-refractivity contribution < 1.29 is 0 Å². The van der Waals surface area contributed by atoms with E-state index in [1.165, 1.54) is 32.1 Å². The first kappa shape index (κ1) is 12.9. The third-order valence-electron chi connectivity index (χ3n) is 3.56. The van der Waals surface area contributed by atoms with Crippen LogP contribution in [0, 0.1) is 0 Å². The van der Waals surface area contributed by atoms with E-state index >= 15 is 0 Å². The number of hydrogen-bond acceptors (Lipinski definition) is 3. The van der Waals surface area contributed by atoms with Crippen molar-refractivity contribution in [2.45, 2.75) is 38.1 Å². The van der Waals surface area contributed by atoms with Crippen LogP contribution in [0.1, 0.15) is 38.1 Å². The van der Waals surface area contributed by atoms with Crippen LogP contribution in [-0.4, -0.2) is 19.5 Å². The zero-order valence-electron chi connectivity index (χ0n) is 10.4. The van der Waals surface area contributed by atoms with Crippen LogP contribution in [0.4, 0.5) is 0 Å². The molecule has 19 heavy (non-hydrogen) atoms. The predicted octanol–water partition coefficient (Wildman–Crippen LogP) is 4.15. The van der Waals surface area contributed by atoms with Crippen molar-refractivity contribution >= 4 is 23.2 Å². The summed E-state index contributed by atoms with van der Waals surface area (Å²) in [6.45, 7) is 0. The van der Waals surface area contributed by atoms with E-state index in [1.807, 2.05) is 12.1 Å². The minimum Gasteiger partial charge on any atom is -0.342 e. The Bertz CT molecular complexity index is 556. The van der Waals surface area contributed by atoms with Crippen LogP contribution in [-0.2, 0) is 0 Å². The summed E-state index contributed by atoms with van der Waals surface area (Å²) in [5.41, 5.74) is 0.957. The fraction of sp³-hybridized carbons (Fsp3) is 0.462. The van der Waals surface area contributed by atoms with Gasteiger partial charge in [-0.25, -0.2) is 0 Å². The van der Waals surface area contributed by atoms with Crippen molar-refractivity contribution in [3.63, 3.8) is 0 Å². The van der Waals surface area contributed by atoms with Crippen LogP contribution in [0.25, 0.3) is 11.5 Å². The van der Waals surface area contributed by atoms with Crippen LogP contribution in [0.2, 0.25) is 10.6 Å². The number of nitrogens with zero attached hydrogens (tertiary/aromatic N) is 4. The van der Waals surface area contributed by atoms with Crippen LogP contribution >= 0.6 is 23.2 Å². The molecule has 0 aliphatic heterocycles. The van der Waals surface area contributed by atoms with Crippen molar-refractivity contribution in [1.29, 1.82) is 0 Å². The van der Waals surface area contributed by atoms with Gasteiger partial charge in [0.05, 0.1) is 5.69 Å². The molecule has 3 rings (SSSR count). The fourth-order valence-electron chi connectivity index (χ4n) is 2.70. The van der Waals surface area contributed by atoms with Gasteiger partial charge in [0, 0.05) is 12.2 Å². The van der Waals surface area contributed by atoms with E-state index in [2.05, 4.69) is 25.7 Å². The Hall–Kier alpha value is -1.13. The molecule has 0 aromatic carbocycles. The summed E-state index contributed by atoms with van der Waals surface area (Å²) >= 11 is 11.7. The maximum Gasteiger partial charge on any atom is 0.227 e. The molecule has 100 valence electrons. The second-order valence-corrected chi connectivity index (χ2v) is 5.47. The zero-order chi connectivity index (χ0) is 13.2. The zero-order valence-corrected chi connectivity index (χ0v) is 11.9. The maximum atomic E-state index is 5.85. The molecule has 4 nitrogen and oxygen atoms in total. The largest absolute Gasteiger partial charge is 0.342 e.